The molecule has 19 heavy (non-hydrogen) atoms. The average Bonchev–Trinajstić information content (AvgIpc) is 2.40. The summed E-state index contributed by atoms with van der Waals surface area (Å²) in [4.78, 5) is 14.8. The summed E-state index contributed by atoms with van der Waals surface area (Å²) in [5.41, 5.74) is 0.807. The molecule has 2 fully saturated rings. The van der Waals surface area contributed by atoms with E-state index in [0.29, 0.717) is 26.3 Å². The molecule has 0 N–H and O–H groups in total. The van der Waals surface area contributed by atoms with Crippen molar-refractivity contribution in [1.29, 1.82) is 0 Å². The molecule has 3 rings (SSSR count). The lowest BCUT2D eigenvalue weighted by molar-refractivity contribution is -0.145. The van der Waals surface area contributed by atoms with Crippen LogP contribution in [0.15, 0.2) is 24.3 Å². The number of hydrogen-bond acceptors (Lipinski definition) is 2. The molecule has 0 spiro atoms. The van der Waals surface area contributed by atoms with E-state index in [1.54, 1.807) is 0 Å². The molecule has 1 aromatic carbocycles. The number of ether oxygens (including phenoxy) is 1. The van der Waals surface area contributed by atoms with Gasteiger partial charge in [-0.05, 0) is 30.5 Å². The SMILES string of the molecule is O=C(N1CCOCC1)C1(c2ccc(Cl)cc2)CCC1. The van der Waals surface area contributed by atoms with Crippen LogP contribution in [-0.2, 0) is 14.9 Å². The summed E-state index contributed by atoms with van der Waals surface area (Å²) in [6.07, 6.45) is 3.02. The highest BCUT2D eigenvalue weighted by Gasteiger charge is 2.47. The van der Waals surface area contributed by atoms with E-state index >= 15 is 0 Å². The van der Waals surface area contributed by atoms with Gasteiger partial charge in [-0.15, -0.1) is 0 Å². The Labute approximate surface area is 118 Å². The van der Waals surface area contributed by atoms with Crippen molar-refractivity contribution in [2.75, 3.05) is 26.3 Å². The Hall–Kier alpha value is -1.06. The number of nitrogens with zero attached hydrogens (tertiary/aromatic N) is 1. The summed E-state index contributed by atoms with van der Waals surface area (Å²) < 4.78 is 5.32. The molecule has 1 heterocycles. The van der Waals surface area contributed by atoms with Crippen molar-refractivity contribution in [2.45, 2.75) is 24.7 Å². The van der Waals surface area contributed by atoms with Gasteiger partial charge in [0.2, 0.25) is 5.91 Å². The number of carbonyl (C=O) groups excluding carboxylic acids is 1. The first kappa shape index (κ1) is 12.9. The molecule has 1 saturated heterocycles. The molecule has 1 saturated carbocycles. The van der Waals surface area contributed by atoms with Crippen molar-refractivity contribution in [3.8, 4) is 0 Å². The van der Waals surface area contributed by atoms with Gasteiger partial charge < -0.3 is 9.64 Å². The molecule has 0 unspecified atom stereocenters. The second-order valence-corrected chi connectivity index (χ2v) is 5.78. The molecular weight excluding hydrogens is 262 g/mol. The van der Waals surface area contributed by atoms with Crippen LogP contribution in [0.2, 0.25) is 5.02 Å². The Kier molecular flexibility index (Phi) is 3.50. The van der Waals surface area contributed by atoms with E-state index in [1.807, 2.05) is 29.2 Å². The lowest BCUT2D eigenvalue weighted by Crippen LogP contribution is -2.53. The van der Waals surface area contributed by atoms with Gasteiger partial charge in [-0.2, -0.15) is 0 Å². The van der Waals surface area contributed by atoms with Crippen molar-refractivity contribution in [2.24, 2.45) is 0 Å². The second kappa shape index (κ2) is 5.14. The first-order valence-corrected chi connectivity index (χ1v) is 7.23. The Morgan fingerprint density at radius 1 is 1.16 bits per heavy atom. The van der Waals surface area contributed by atoms with Crippen molar-refractivity contribution in [3.05, 3.63) is 34.9 Å². The fourth-order valence-electron chi connectivity index (χ4n) is 2.99. The fraction of sp³-hybridized carbons (Fsp3) is 0.533. The highest BCUT2D eigenvalue weighted by atomic mass is 35.5. The highest BCUT2D eigenvalue weighted by Crippen LogP contribution is 2.45. The van der Waals surface area contributed by atoms with Gasteiger partial charge in [-0.25, -0.2) is 0 Å². The molecule has 0 atom stereocenters. The topological polar surface area (TPSA) is 29.5 Å². The summed E-state index contributed by atoms with van der Waals surface area (Å²) in [6, 6.07) is 7.76. The number of benzene rings is 1. The zero-order valence-corrected chi connectivity index (χ0v) is 11.7. The number of hydrogen-bond donors (Lipinski definition) is 0. The quantitative estimate of drug-likeness (QED) is 0.833. The molecule has 3 nitrogen and oxygen atoms in total. The summed E-state index contributed by atoms with van der Waals surface area (Å²) >= 11 is 5.94. The molecule has 1 amide bonds. The van der Waals surface area contributed by atoms with E-state index in [1.165, 1.54) is 0 Å². The summed E-state index contributed by atoms with van der Waals surface area (Å²) in [7, 11) is 0. The minimum Gasteiger partial charge on any atom is -0.378 e. The van der Waals surface area contributed by atoms with Crippen LogP contribution >= 0.6 is 11.6 Å². The molecule has 1 aliphatic carbocycles. The number of rotatable bonds is 2. The maximum absolute atomic E-state index is 12.8. The van der Waals surface area contributed by atoms with E-state index in [-0.39, 0.29) is 11.3 Å². The number of amides is 1. The van der Waals surface area contributed by atoms with E-state index in [4.69, 9.17) is 16.3 Å². The van der Waals surface area contributed by atoms with Crippen molar-refractivity contribution in [3.63, 3.8) is 0 Å². The molecule has 1 aliphatic heterocycles. The summed E-state index contributed by atoms with van der Waals surface area (Å²) in [5, 5.41) is 0.719. The normalized spacial score (nSPS) is 21.8. The highest BCUT2D eigenvalue weighted by molar-refractivity contribution is 6.30. The molecule has 0 bridgehead atoms. The monoisotopic (exact) mass is 279 g/mol. The molecule has 102 valence electrons. The standard InChI is InChI=1S/C15H18ClNO2/c16-13-4-2-12(3-5-13)15(6-1-7-15)14(18)17-8-10-19-11-9-17/h2-5H,1,6-11H2. The van der Waals surface area contributed by atoms with Crippen LogP contribution < -0.4 is 0 Å². The van der Waals surface area contributed by atoms with Crippen molar-refractivity contribution < 1.29 is 9.53 Å². The van der Waals surface area contributed by atoms with Crippen LogP contribution in [-0.4, -0.2) is 37.1 Å². The fourth-order valence-corrected chi connectivity index (χ4v) is 3.12. The molecule has 4 heteroatoms. The van der Waals surface area contributed by atoms with Gasteiger partial charge >= 0.3 is 0 Å². The average molecular weight is 280 g/mol. The zero-order chi connectivity index (χ0) is 13.3. The number of halogens is 1. The number of carbonyl (C=O) groups is 1. The molecule has 2 aliphatic rings. The minimum absolute atomic E-state index is 0.268. The van der Waals surface area contributed by atoms with E-state index in [0.717, 1.165) is 29.8 Å². The van der Waals surface area contributed by atoms with Gasteiger partial charge in [0.1, 0.15) is 0 Å². The predicted molar refractivity (Wildman–Crippen MR) is 74.4 cm³/mol. The third-order valence-corrected chi connectivity index (χ3v) is 4.56. The van der Waals surface area contributed by atoms with Crippen LogP contribution in [0.25, 0.3) is 0 Å². The van der Waals surface area contributed by atoms with E-state index in [9.17, 15) is 4.79 Å². The third-order valence-electron chi connectivity index (χ3n) is 4.31. The van der Waals surface area contributed by atoms with Crippen LogP contribution in [0.3, 0.4) is 0 Å². The Morgan fingerprint density at radius 2 is 1.79 bits per heavy atom. The summed E-state index contributed by atoms with van der Waals surface area (Å²) in [5.74, 6) is 0.268. The lowest BCUT2D eigenvalue weighted by atomic mass is 9.63. The maximum Gasteiger partial charge on any atom is 0.233 e. The third kappa shape index (κ3) is 2.26. The molecular formula is C15H18ClNO2. The summed E-state index contributed by atoms with van der Waals surface area (Å²) in [6.45, 7) is 2.74. The Morgan fingerprint density at radius 3 is 2.32 bits per heavy atom. The van der Waals surface area contributed by atoms with Gasteiger partial charge in [0, 0.05) is 18.1 Å². The Bertz CT molecular complexity index is 462. The molecule has 0 radical (unpaired) electrons. The van der Waals surface area contributed by atoms with E-state index in [2.05, 4.69) is 0 Å². The van der Waals surface area contributed by atoms with Crippen molar-refractivity contribution >= 4 is 17.5 Å². The second-order valence-electron chi connectivity index (χ2n) is 5.35. The van der Waals surface area contributed by atoms with Gasteiger partial charge in [0.15, 0.2) is 0 Å². The van der Waals surface area contributed by atoms with Crippen LogP contribution in [0.5, 0.6) is 0 Å². The smallest absolute Gasteiger partial charge is 0.233 e. The largest absolute Gasteiger partial charge is 0.378 e. The number of morpholine rings is 1. The van der Waals surface area contributed by atoms with Crippen LogP contribution in [0.1, 0.15) is 24.8 Å². The minimum atomic E-state index is -0.304. The van der Waals surface area contributed by atoms with Gasteiger partial charge in [-0.3, -0.25) is 4.79 Å². The van der Waals surface area contributed by atoms with Crippen LogP contribution in [0, 0.1) is 0 Å². The first-order valence-electron chi connectivity index (χ1n) is 6.85. The van der Waals surface area contributed by atoms with E-state index < -0.39 is 0 Å². The van der Waals surface area contributed by atoms with Gasteiger partial charge in [0.25, 0.3) is 0 Å². The van der Waals surface area contributed by atoms with Gasteiger partial charge in [-0.1, -0.05) is 30.2 Å². The lowest BCUT2D eigenvalue weighted by Gasteiger charge is -2.44. The maximum atomic E-state index is 12.8. The van der Waals surface area contributed by atoms with Gasteiger partial charge in [0.05, 0.1) is 18.6 Å². The predicted octanol–water partition coefficient (Wildman–Crippen LogP) is 2.62. The Balaban J connectivity index is 1.85. The molecule has 1 aromatic rings. The first-order chi connectivity index (χ1) is 9.22. The van der Waals surface area contributed by atoms with Crippen LogP contribution in [0.4, 0.5) is 0 Å². The van der Waals surface area contributed by atoms with Crippen molar-refractivity contribution in [1.82, 2.24) is 4.90 Å². The molecule has 0 aromatic heterocycles. The zero-order valence-electron chi connectivity index (χ0n) is 10.9.